The molecule has 3 aliphatic rings. The van der Waals surface area contributed by atoms with Crippen molar-refractivity contribution < 1.29 is 28.6 Å². The Labute approximate surface area is 140 Å². The molecule has 0 unspecified atom stereocenters. The van der Waals surface area contributed by atoms with E-state index >= 15 is 0 Å². The molecule has 0 bridgehead atoms. The lowest BCUT2D eigenvalue weighted by Crippen LogP contribution is -2.50. The molecule has 3 rings (SSSR count). The van der Waals surface area contributed by atoms with Gasteiger partial charge in [-0.05, 0) is 50.0 Å². The highest BCUT2D eigenvalue weighted by molar-refractivity contribution is 5.73. The molecule has 6 nitrogen and oxygen atoms in total. The molecule has 1 aliphatic carbocycles. The zero-order chi connectivity index (χ0) is 17.7. The number of piperidine rings is 1. The van der Waals surface area contributed by atoms with E-state index < -0.39 is 17.9 Å². The van der Waals surface area contributed by atoms with Crippen LogP contribution in [-0.2, 0) is 9.59 Å². The summed E-state index contributed by atoms with van der Waals surface area (Å²) in [5.74, 6) is -1.83. The molecule has 4 atom stereocenters. The van der Waals surface area contributed by atoms with Crippen LogP contribution < -0.4 is 5.32 Å². The molecule has 24 heavy (non-hydrogen) atoms. The first-order chi connectivity index (χ1) is 11.3. The maximum absolute atomic E-state index is 13.2. The fourth-order valence-electron chi connectivity index (χ4n) is 4.34. The zero-order valence-electron chi connectivity index (χ0n) is 13.7. The summed E-state index contributed by atoms with van der Waals surface area (Å²) < 4.78 is 26.5. The van der Waals surface area contributed by atoms with E-state index in [-0.39, 0.29) is 19.4 Å². The highest BCUT2D eigenvalue weighted by Crippen LogP contribution is 2.39. The largest absolute Gasteiger partial charge is 0.483 e. The third-order valence-corrected chi connectivity index (χ3v) is 5.48. The highest BCUT2D eigenvalue weighted by Gasteiger charge is 2.41. The SMILES string of the molecule is O=C(O)[C@@H]1C[C@H]2C[C@@H](CN3CCC(F)(F)C3)CC[C@H]2CN1.O=CO. The van der Waals surface area contributed by atoms with E-state index in [1.165, 1.54) is 0 Å². The van der Waals surface area contributed by atoms with Gasteiger partial charge in [0.2, 0.25) is 0 Å². The summed E-state index contributed by atoms with van der Waals surface area (Å²) in [4.78, 5) is 21.4. The number of alkyl halides is 2. The normalized spacial score (nSPS) is 35.4. The topological polar surface area (TPSA) is 89.9 Å². The van der Waals surface area contributed by atoms with Crippen LogP contribution in [0.3, 0.4) is 0 Å². The summed E-state index contributed by atoms with van der Waals surface area (Å²) in [6.07, 6.45) is 3.85. The van der Waals surface area contributed by atoms with Gasteiger partial charge in [0, 0.05) is 19.5 Å². The number of carboxylic acids is 1. The number of halogens is 2. The van der Waals surface area contributed by atoms with Crippen LogP contribution in [0.2, 0.25) is 0 Å². The summed E-state index contributed by atoms with van der Waals surface area (Å²) >= 11 is 0. The number of nitrogens with zero attached hydrogens (tertiary/aromatic N) is 1. The van der Waals surface area contributed by atoms with Crippen molar-refractivity contribution in [3.63, 3.8) is 0 Å². The number of hydrogen-bond acceptors (Lipinski definition) is 4. The Balaban J connectivity index is 0.000000647. The van der Waals surface area contributed by atoms with E-state index in [9.17, 15) is 13.6 Å². The van der Waals surface area contributed by atoms with E-state index in [1.807, 2.05) is 4.90 Å². The van der Waals surface area contributed by atoms with Gasteiger partial charge in [0.1, 0.15) is 6.04 Å². The van der Waals surface area contributed by atoms with Gasteiger partial charge in [-0.3, -0.25) is 14.5 Å². The number of nitrogens with one attached hydrogen (secondary N) is 1. The number of fused-ring (bicyclic) bond motifs is 1. The average molecular weight is 348 g/mol. The van der Waals surface area contributed by atoms with E-state index in [0.29, 0.717) is 30.7 Å². The van der Waals surface area contributed by atoms with Crippen molar-refractivity contribution in [2.24, 2.45) is 17.8 Å². The second-order valence-electron chi connectivity index (χ2n) is 7.18. The summed E-state index contributed by atoms with van der Waals surface area (Å²) in [5.41, 5.74) is 0. The number of likely N-dealkylation sites (tertiary alicyclic amines) is 1. The maximum atomic E-state index is 13.2. The summed E-state index contributed by atoms with van der Waals surface area (Å²) in [6, 6.07) is -0.430. The number of rotatable bonds is 3. The molecule has 2 aliphatic heterocycles. The van der Waals surface area contributed by atoms with Crippen LogP contribution in [0.15, 0.2) is 0 Å². The van der Waals surface area contributed by atoms with Crippen LogP contribution in [0.4, 0.5) is 8.78 Å². The predicted octanol–water partition coefficient (Wildman–Crippen LogP) is 1.51. The van der Waals surface area contributed by atoms with E-state index in [4.69, 9.17) is 15.0 Å². The van der Waals surface area contributed by atoms with Crippen LogP contribution in [0.25, 0.3) is 0 Å². The Morgan fingerprint density at radius 3 is 2.58 bits per heavy atom. The van der Waals surface area contributed by atoms with Crippen molar-refractivity contribution >= 4 is 12.4 Å². The summed E-state index contributed by atoms with van der Waals surface area (Å²) in [7, 11) is 0. The first-order valence-corrected chi connectivity index (χ1v) is 8.49. The predicted molar refractivity (Wildman–Crippen MR) is 83.1 cm³/mol. The molecule has 0 aromatic heterocycles. The van der Waals surface area contributed by atoms with Gasteiger partial charge in [0.05, 0.1) is 6.54 Å². The monoisotopic (exact) mass is 348 g/mol. The molecule has 0 spiro atoms. The standard InChI is InChI=1S/C15H24F2N2O2.CH2O2/c16-15(17)3-4-19(9-15)8-10-1-2-11-7-18-13(14(20)21)6-12(11)5-10;2-1-3/h10-13,18H,1-9H2,(H,20,21);1H,(H,2,3)/t10-,11-,12+,13-;/m0./s1. The van der Waals surface area contributed by atoms with Gasteiger partial charge in [-0.15, -0.1) is 0 Å². The Hall–Kier alpha value is -1.28. The molecule has 138 valence electrons. The van der Waals surface area contributed by atoms with Crippen molar-refractivity contribution in [3.05, 3.63) is 0 Å². The lowest BCUT2D eigenvalue weighted by Gasteiger charge is -2.42. The van der Waals surface area contributed by atoms with Crippen molar-refractivity contribution in [2.45, 2.75) is 44.1 Å². The molecule has 3 fully saturated rings. The maximum Gasteiger partial charge on any atom is 0.320 e. The van der Waals surface area contributed by atoms with Crippen LogP contribution in [0.5, 0.6) is 0 Å². The van der Waals surface area contributed by atoms with Gasteiger partial charge >= 0.3 is 5.97 Å². The number of hydrogen-bond donors (Lipinski definition) is 3. The highest BCUT2D eigenvalue weighted by atomic mass is 19.3. The molecule has 0 aromatic rings. The Kier molecular flexibility index (Phi) is 6.51. The molecule has 1 saturated carbocycles. The van der Waals surface area contributed by atoms with Crippen LogP contribution in [0, 0.1) is 17.8 Å². The fraction of sp³-hybridized carbons (Fsp3) is 0.875. The summed E-state index contributed by atoms with van der Waals surface area (Å²) in [6.45, 7) is 1.69. The van der Waals surface area contributed by atoms with Crippen molar-refractivity contribution in [3.8, 4) is 0 Å². The van der Waals surface area contributed by atoms with Crippen molar-refractivity contribution in [2.75, 3.05) is 26.2 Å². The zero-order valence-corrected chi connectivity index (χ0v) is 13.7. The molecule has 8 heteroatoms. The van der Waals surface area contributed by atoms with Gasteiger partial charge in [0.15, 0.2) is 0 Å². The van der Waals surface area contributed by atoms with Crippen LogP contribution in [0.1, 0.15) is 32.1 Å². The van der Waals surface area contributed by atoms with Gasteiger partial charge in [0.25, 0.3) is 12.4 Å². The van der Waals surface area contributed by atoms with Gasteiger partial charge in [-0.2, -0.15) is 0 Å². The lowest BCUT2D eigenvalue weighted by atomic mass is 9.69. The second kappa shape index (κ2) is 8.20. The van der Waals surface area contributed by atoms with Gasteiger partial charge in [-0.1, -0.05) is 0 Å². The van der Waals surface area contributed by atoms with Gasteiger partial charge < -0.3 is 15.5 Å². The van der Waals surface area contributed by atoms with Crippen LogP contribution in [-0.4, -0.2) is 65.7 Å². The first-order valence-electron chi connectivity index (χ1n) is 8.49. The van der Waals surface area contributed by atoms with Crippen molar-refractivity contribution in [1.82, 2.24) is 10.2 Å². The Morgan fingerprint density at radius 1 is 1.29 bits per heavy atom. The molecular formula is C16H26F2N2O4. The summed E-state index contributed by atoms with van der Waals surface area (Å²) in [5, 5.41) is 19.1. The molecule has 0 amide bonds. The van der Waals surface area contributed by atoms with E-state index in [2.05, 4.69) is 5.32 Å². The van der Waals surface area contributed by atoms with Crippen LogP contribution >= 0.6 is 0 Å². The molecule has 2 heterocycles. The number of aliphatic carboxylic acids is 1. The second-order valence-corrected chi connectivity index (χ2v) is 7.18. The third-order valence-electron chi connectivity index (χ3n) is 5.48. The average Bonchev–Trinajstić information content (AvgIpc) is 2.86. The minimum Gasteiger partial charge on any atom is -0.483 e. The molecule has 2 saturated heterocycles. The first kappa shape index (κ1) is 19.1. The number of carbonyl (C=O) groups is 2. The molecule has 0 radical (unpaired) electrons. The molecular weight excluding hydrogens is 322 g/mol. The fourth-order valence-corrected chi connectivity index (χ4v) is 4.34. The third kappa shape index (κ3) is 5.11. The smallest absolute Gasteiger partial charge is 0.320 e. The number of carboxylic acid groups (broad SMARTS) is 2. The Bertz CT molecular complexity index is 450. The minimum absolute atomic E-state index is 0.0171. The van der Waals surface area contributed by atoms with E-state index in [0.717, 1.165) is 32.4 Å². The lowest BCUT2D eigenvalue weighted by molar-refractivity contribution is -0.141. The molecule has 3 N–H and O–H groups in total. The minimum atomic E-state index is -2.51. The van der Waals surface area contributed by atoms with Gasteiger partial charge in [-0.25, -0.2) is 8.78 Å². The van der Waals surface area contributed by atoms with E-state index in [1.54, 1.807) is 0 Å². The molecule has 0 aromatic carbocycles. The Morgan fingerprint density at radius 2 is 2.00 bits per heavy atom. The quantitative estimate of drug-likeness (QED) is 0.670. The van der Waals surface area contributed by atoms with Crippen molar-refractivity contribution in [1.29, 1.82) is 0 Å².